The summed E-state index contributed by atoms with van der Waals surface area (Å²) in [6, 6.07) is 2.11. The van der Waals surface area contributed by atoms with Crippen LogP contribution in [-0.2, 0) is 0 Å². The zero-order valence-corrected chi connectivity index (χ0v) is 11.3. The van der Waals surface area contributed by atoms with Gasteiger partial charge < -0.3 is 10.0 Å². The molecule has 1 fully saturated rings. The molecule has 0 aliphatic carbocycles. The molecule has 2 rings (SSSR count). The smallest absolute Gasteiger partial charge is 0.347 e. The van der Waals surface area contributed by atoms with Crippen molar-refractivity contribution in [3.05, 3.63) is 14.0 Å². The van der Waals surface area contributed by atoms with E-state index in [1.807, 2.05) is 22.6 Å². The molecule has 0 radical (unpaired) electrons. The lowest BCUT2D eigenvalue weighted by atomic mass is 10.3. The molecule has 84 valence electrons. The topological polar surface area (TPSA) is 64.3 Å². The van der Waals surface area contributed by atoms with Crippen molar-refractivity contribution in [3.63, 3.8) is 0 Å². The zero-order valence-electron chi connectivity index (χ0n) is 8.36. The van der Waals surface area contributed by atoms with Gasteiger partial charge in [0.15, 0.2) is 0 Å². The van der Waals surface area contributed by atoms with Crippen molar-refractivity contribution >= 4 is 44.9 Å². The minimum Gasteiger partial charge on any atom is -0.477 e. The van der Waals surface area contributed by atoms with Gasteiger partial charge >= 0.3 is 5.97 Å². The summed E-state index contributed by atoms with van der Waals surface area (Å²) in [4.78, 5) is 13.4. The van der Waals surface area contributed by atoms with E-state index in [1.54, 1.807) is 0 Å². The number of nitrogens with zero attached hydrogens (tertiary/aromatic N) is 2. The van der Waals surface area contributed by atoms with E-state index < -0.39 is 5.97 Å². The molecule has 0 bridgehead atoms. The summed E-state index contributed by atoms with van der Waals surface area (Å²) in [6.07, 6.45) is 2.23. The van der Waals surface area contributed by atoms with Crippen LogP contribution in [-0.4, -0.2) is 24.2 Å². The second kappa shape index (κ2) is 4.59. The van der Waals surface area contributed by atoms with Gasteiger partial charge in [-0.2, -0.15) is 5.26 Å². The number of carboxylic acids is 1. The third kappa shape index (κ3) is 1.89. The Labute approximate surface area is 111 Å². The van der Waals surface area contributed by atoms with Gasteiger partial charge in [0.2, 0.25) is 0 Å². The van der Waals surface area contributed by atoms with Crippen molar-refractivity contribution in [1.29, 1.82) is 5.26 Å². The van der Waals surface area contributed by atoms with Crippen LogP contribution < -0.4 is 4.90 Å². The van der Waals surface area contributed by atoms with Crippen LogP contribution in [0.1, 0.15) is 28.1 Å². The van der Waals surface area contributed by atoms with Crippen LogP contribution in [0.4, 0.5) is 5.00 Å². The van der Waals surface area contributed by atoms with Gasteiger partial charge in [-0.05, 0) is 35.4 Å². The molecule has 0 saturated carbocycles. The number of halogens is 1. The van der Waals surface area contributed by atoms with E-state index in [4.69, 9.17) is 10.4 Å². The van der Waals surface area contributed by atoms with Crippen LogP contribution in [0, 0.1) is 14.9 Å². The average molecular weight is 348 g/mol. The Morgan fingerprint density at radius 2 is 2.12 bits per heavy atom. The number of hydrogen-bond donors (Lipinski definition) is 1. The summed E-state index contributed by atoms with van der Waals surface area (Å²) >= 11 is 3.16. The first-order valence-corrected chi connectivity index (χ1v) is 6.75. The standard InChI is InChI=1S/C10H9IN2O2S/c11-7-6(5-12)9(13-3-1-2-4-13)16-8(7)10(14)15/h1-4H2,(H,14,15). The van der Waals surface area contributed by atoms with E-state index in [9.17, 15) is 4.79 Å². The Morgan fingerprint density at radius 1 is 1.50 bits per heavy atom. The molecule has 0 amide bonds. The zero-order chi connectivity index (χ0) is 11.7. The van der Waals surface area contributed by atoms with Crippen molar-refractivity contribution in [2.24, 2.45) is 0 Å². The lowest BCUT2D eigenvalue weighted by Gasteiger charge is -2.14. The van der Waals surface area contributed by atoms with Gasteiger partial charge in [-0.1, -0.05) is 0 Å². The van der Waals surface area contributed by atoms with E-state index in [2.05, 4.69) is 11.0 Å². The summed E-state index contributed by atoms with van der Waals surface area (Å²) < 4.78 is 0.569. The van der Waals surface area contributed by atoms with Gasteiger partial charge in [0, 0.05) is 13.1 Å². The van der Waals surface area contributed by atoms with E-state index in [0.29, 0.717) is 9.13 Å². The van der Waals surface area contributed by atoms with Gasteiger partial charge in [-0.15, -0.1) is 11.3 Å². The fraction of sp³-hybridized carbons (Fsp3) is 0.400. The minimum atomic E-state index is -0.948. The maximum Gasteiger partial charge on any atom is 0.347 e. The predicted molar refractivity (Wildman–Crippen MR) is 70.2 cm³/mol. The van der Waals surface area contributed by atoms with Gasteiger partial charge in [-0.25, -0.2) is 4.79 Å². The first-order chi connectivity index (χ1) is 7.65. The molecular formula is C10H9IN2O2S. The Kier molecular flexibility index (Phi) is 3.35. The average Bonchev–Trinajstić information content (AvgIpc) is 2.83. The van der Waals surface area contributed by atoms with Crippen molar-refractivity contribution in [1.82, 2.24) is 0 Å². The van der Waals surface area contributed by atoms with Crippen LogP contribution >= 0.6 is 33.9 Å². The molecule has 1 saturated heterocycles. The molecular weight excluding hydrogens is 339 g/mol. The van der Waals surface area contributed by atoms with Crippen molar-refractivity contribution in [3.8, 4) is 6.07 Å². The van der Waals surface area contributed by atoms with Crippen LogP contribution in [0.25, 0.3) is 0 Å². The molecule has 2 heterocycles. The molecule has 1 aliphatic heterocycles. The second-order valence-electron chi connectivity index (χ2n) is 3.54. The van der Waals surface area contributed by atoms with Gasteiger partial charge in [0.25, 0.3) is 0 Å². The molecule has 0 atom stereocenters. The third-order valence-electron chi connectivity index (χ3n) is 2.53. The Hall–Kier alpha value is -0.810. The quantitative estimate of drug-likeness (QED) is 0.835. The number of carboxylic acid groups (broad SMARTS) is 1. The monoisotopic (exact) mass is 348 g/mol. The number of nitriles is 1. The largest absolute Gasteiger partial charge is 0.477 e. The van der Waals surface area contributed by atoms with Crippen LogP contribution in [0.2, 0.25) is 0 Å². The Bertz CT molecular complexity index is 472. The maximum atomic E-state index is 11.0. The van der Waals surface area contributed by atoms with Crippen LogP contribution in [0.3, 0.4) is 0 Å². The molecule has 0 unspecified atom stereocenters. The highest BCUT2D eigenvalue weighted by Crippen LogP contribution is 2.38. The van der Waals surface area contributed by atoms with E-state index in [1.165, 1.54) is 11.3 Å². The first kappa shape index (κ1) is 11.7. The molecule has 1 aromatic rings. The number of rotatable bonds is 2. The first-order valence-electron chi connectivity index (χ1n) is 4.85. The molecule has 1 aliphatic rings. The molecule has 16 heavy (non-hydrogen) atoms. The molecule has 4 nitrogen and oxygen atoms in total. The Balaban J connectivity index is 2.48. The second-order valence-corrected chi connectivity index (χ2v) is 5.61. The van der Waals surface area contributed by atoms with Gasteiger partial charge in [-0.3, -0.25) is 0 Å². The molecule has 1 N–H and O–H groups in total. The molecule has 0 spiro atoms. The fourth-order valence-corrected chi connectivity index (χ4v) is 3.93. The number of hydrogen-bond acceptors (Lipinski definition) is 4. The summed E-state index contributed by atoms with van der Waals surface area (Å²) in [5.41, 5.74) is 0.518. The molecule has 6 heteroatoms. The number of carbonyl (C=O) groups is 1. The molecule has 1 aromatic heterocycles. The highest BCUT2D eigenvalue weighted by molar-refractivity contribution is 14.1. The SMILES string of the molecule is N#Cc1c(N2CCCC2)sc(C(=O)O)c1I. The van der Waals surface area contributed by atoms with Gasteiger partial charge in [0.05, 0.1) is 3.57 Å². The number of anilines is 1. The third-order valence-corrected chi connectivity index (χ3v) is 5.21. The van der Waals surface area contributed by atoms with E-state index in [-0.39, 0.29) is 4.88 Å². The lowest BCUT2D eigenvalue weighted by Crippen LogP contribution is -2.17. The van der Waals surface area contributed by atoms with Crippen LogP contribution in [0.5, 0.6) is 0 Å². The van der Waals surface area contributed by atoms with Crippen molar-refractivity contribution in [2.45, 2.75) is 12.8 Å². The highest BCUT2D eigenvalue weighted by atomic mass is 127. The van der Waals surface area contributed by atoms with Crippen molar-refractivity contribution in [2.75, 3.05) is 18.0 Å². The van der Waals surface area contributed by atoms with E-state index in [0.717, 1.165) is 30.9 Å². The maximum absolute atomic E-state index is 11.0. The minimum absolute atomic E-state index is 0.277. The Morgan fingerprint density at radius 3 is 2.62 bits per heavy atom. The predicted octanol–water partition coefficient (Wildman–Crippen LogP) is 2.52. The van der Waals surface area contributed by atoms with Crippen LogP contribution in [0.15, 0.2) is 0 Å². The van der Waals surface area contributed by atoms with E-state index >= 15 is 0 Å². The fourth-order valence-electron chi connectivity index (χ4n) is 1.78. The normalized spacial score (nSPS) is 15.1. The van der Waals surface area contributed by atoms with Crippen molar-refractivity contribution < 1.29 is 9.90 Å². The number of aromatic carboxylic acids is 1. The summed E-state index contributed by atoms with van der Waals surface area (Å²) in [5.74, 6) is -0.948. The molecule has 0 aromatic carbocycles. The van der Waals surface area contributed by atoms with Gasteiger partial charge in [0.1, 0.15) is 21.5 Å². The lowest BCUT2D eigenvalue weighted by molar-refractivity contribution is 0.0701. The summed E-state index contributed by atoms with van der Waals surface area (Å²) in [7, 11) is 0. The summed E-state index contributed by atoms with van der Waals surface area (Å²) in [6.45, 7) is 1.84. The number of thiophene rings is 1. The highest BCUT2D eigenvalue weighted by Gasteiger charge is 2.25. The summed E-state index contributed by atoms with van der Waals surface area (Å²) in [5, 5.41) is 18.9.